The van der Waals surface area contributed by atoms with E-state index in [1.165, 1.54) is 87.2 Å². The number of carbonyl (C=O) groups is 12. The Bertz CT molecular complexity index is 4180. The van der Waals surface area contributed by atoms with Crippen molar-refractivity contribution in [1.29, 1.82) is 0 Å². The van der Waals surface area contributed by atoms with Gasteiger partial charge in [0.2, 0.25) is 47.3 Å². The summed E-state index contributed by atoms with van der Waals surface area (Å²) in [4.78, 5) is 184. The highest BCUT2D eigenvalue weighted by Crippen LogP contribution is 2.32. The van der Waals surface area contributed by atoms with Crippen molar-refractivity contribution < 1.29 is 76.2 Å². The number of aryl methyl sites for hydroxylation is 1. The Morgan fingerprint density at radius 3 is 1.86 bits per heavy atom. The van der Waals surface area contributed by atoms with Crippen LogP contribution in [0.4, 0.5) is 8.78 Å². The Kier molecular flexibility index (Phi) is 24.6. The zero-order valence-corrected chi connectivity index (χ0v) is 55.6. The first-order valence-corrected chi connectivity index (χ1v) is 33.2. The van der Waals surface area contributed by atoms with Crippen LogP contribution in [0.3, 0.4) is 0 Å². The van der Waals surface area contributed by atoms with Gasteiger partial charge in [-0.25, -0.2) is 13.8 Å². The SMILES string of the molecule is COc1ccc(C[C@@H]2NC(=O)[C@H](Cc3cnc[nH]3)NC(=O)[C@H](CC(=O)O)CC(=O)[C@H](Cc3c[nH]c4ccc(F)cc34)NC(=O)[C@H](Cc3c[nH]c4ccc(F)cc34)NC(=O)[C@@H](C)NC(=O)CCCCC(=O)CCc3ccc(cc3)CC(=O)CC[C@@H](C(N)=O)NC(=O)[C@]3(C)CCCN3C2=O)cc1. The van der Waals surface area contributed by atoms with Gasteiger partial charge in [0.15, 0.2) is 5.78 Å². The van der Waals surface area contributed by atoms with Gasteiger partial charge in [-0.05, 0) is 129 Å². The highest BCUT2D eigenvalue weighted by molar-refractivity contribution is 6.00. The second kappa shape index (κ2) is 33.6. The number of methoxy groups -OCH3 is 1. The third kappa shape index (κ3) is 19.5. The minimum atomic E-state index is -1.79. The number of carbonyl (C=O) groups excluding carboxylic acids is 11. The molecular weight excluding hydrogens is 1290 g/mol. The van der Waals surface area contributed by atoms with Crippen molar-refractivity contribution in [1.82, 2.24) is 56.7 Å². The number of primary amides is 1. The lowest BCUT2D eigenvalue weighted by molar-refractivity contribution is -0.147. The molecule has 26 nitrogen and oxygen atoms in total. The second-order valence-electron chi connectivity index (χ2n) is 25.9. The number of rotatable bonds is 12. The van der Waals surface area contributed by atoms with Gasteiger partial charge in [0, 0.05) is 117 Å². The summed E-state index contributed by atoms with van der Waals surface area (Å²) in [5.41, 5.74) is 8.01. The standard InChI is InChI=1S/C72H82F2N12O14/c1-40-66(94)82-59(30-46-37-78-56-23-17-48(74)34-54(46)56)68(96)81-58(29-45-36-77-55-22-16-47(73)33-53(45)55)62(89)31-44(32-64(91)92)67(95)83-60(35-49-38-76-39-79-49)69(97)84-61(28-43-14-20-52(100-3)21-15-43)70(98)86-26-6-25-72(86,2)71(99)85-57(65(75)93)24-19-51(88)27-42-11-9-41(10-12-42)13-18-50(87)7-4-5-8-63(90)80-40/h9-12,14-17,20-23,33-34,36-40,44,57-61,77-78H,4-8,13,18-19,24-32,35H2,1-3H3,(H2,75,93)(H,76,79)(H,80,90)(H,81,96)(H,82,94)(H,83,95)(H,84,97)(H,85,99)(H,91,92)/t40-,44+,57+,58+,59+,60+,61+,72+/m1/s1. The Balaban J connectivity index is 1.05. The zero-order valence-electron chi connectivity index (χ0n) is 55.6. The van der Waals surface area contributed by atoms with Crippen LogP contribution in [0.25, 0.3) is 21.8 Å². The van der Waals surface area contributed by atoms with E-state index in [1.807, 2.05) is 0 Å². The number of ketones is 3. The number of halogens is 2. The van der Waals surface area contributed by atoms with Crippen molar-refractivity contribution in [3.63, 3.8) is 0 Å². The lowest BCUT2D eigenvalue weighted by atomic mass is 9.91. The number of carboxylic acid groups (broad SMARTS) is 1. The maximum Gasteiger partial charge on any atom is 0.304 e. The van der Waals surface area contributed by atoms with Crippen LogP contribution in [-0.4, -0.2) is 156 Å². The average Bonchev–Trinajstić information content (AvgIpc) is 1.58. The van der Waals surface area contributed by atoms with Crippen LogP contribution in [-0.2, 0) is 96.1 Å². The van der Waals surface area contributed by atoms with E-state index < -0.39 is 138 Å². The molecule has 8 atom stereocenters. The van der Waals surface area contributed by atoms with Gasteiger partial charge in [0.1, 0.15) is 64.7 Å². The van der Waals surface area contributed by atoms with Crippen molar-refractivity contribution in [2.45, 2.75) is 165 Å². The number of hydrogen-bond donors (Lipinski definition) is 11. The Morgan fingerprint density at radius 2 is 1.24 bits per heavy atom. The van der Waals surface area contributed by atoms with Crippen LogP contribution in [0.5, 0.6) is 5.75 Å². The third-order valence-electron chi connectivity index (χ3n) is 18.5. The van der Waals surface area contributed by atoms with Gasteiger partial charge < -0.3 is 67.3 Å². The van der Waals surface area contributed by atoms with Crippen molar-refractivity contribution in [3.8, 4) is 5.75 Å². The predicted octanol–water partition coefficient (Wildman–Crippen LogP) is 4.44. The number of carboxylic acids is 1. The molecule has 0 saturated carbocycles. The Hall–Kier alpha value is -10.9. The molecule has 0 unspecified atom stereocenters. The van der Waals surface area contributed by atoms with Crippen LogP contribution >= 0.6 is 0 Å². The number of ether oxygens (including phenoxy) is 1. The number of nitrogens with zero attached hydrogens (tertiary/aromatic N) is 2. The molecule has 3 aliphatic heterocycles. The molecule has 2 bridgehead atoms. The number of aliphatic carboxylic acids is 1. The van der Waals surface area contributed by atoms with Crippen LogP contribution < -0.4 is 42.4 Å². The summed E-state index contributed by atoms with van der Waals surface area (Å²) in [6.07, 6.45) is 3.78. The number of nitrogens with one attached hydrogen (secondary N) is 9. The third-order valence-corrected chi connectivity index (χ3v) is 18.5. The first-order valence-electron chi connectivity index (χ1n) is 33.2. The van der Waals surface area contributed by atoms with Crippen molar-refractivity contribution in [2.75, 3.05) is 13.7 Å². The number of H-pyrrole nitrogens is 3. The molecule has 4 aromatic carbocycles. The number of imidazole rings is 1. The number of hydrogen-bond acceptors (Lipinski definition) is 14. The number of fused-ring (bicyclic) bond motifs is 35. The number of nitrogens with two attached hydrogens (primary N) is 1. The molecule has 6 heterocycles. The molecule has 528 valence electrons. The fourth-order valence-electron chi connectivity index (χ4n) is 12.7. The smallest absolute Gasteiger partial charge is 0.304 e. The lowest BCUT2D eigenvalue weighted by Crippen LogP contribution is -2.63. The normalized spacial score (nSPS) is 23.1. The maximum atomic E-state index is 15.3. The summed E-state index contributed by atoms with van der Waals surface area (Å²) in [7, 11) is 1.46. The van der Waals surface area contributed by atoms with E-state index in [0.717, 1.165) is 5.56 Å². The van der Waals surface area contributed by atoms with Crippen LogP contribution in [0.2, 0.25) is 0 Å². The number of aromatic nitrogens is 4. The highest BCUT2D eigenvalue weighted by Gasteiger charge is 2.49. The number of Topliss-reactive ketones (excluding diaryl/α,β-unsaturated/α-hetero) is 3. The summed E-state index contributed by atoms with van der Waals surface area (Å²) < 4.78 is 35.1. The molecule has 8 amide bonds. The molecule has 100 heavy (non-hydrogen) atoms. The second-order valence-corrected chi connectivity index (χ2v) is 25.9. The summed E-state index contributed by atoms with van der Waals surface area (Å²) in [6, 6.07) is 12.4. The number of benzene rings is 4. The van der Waals surface area contributed by atoms with Crippen molar-refractivity contribution in [3.05, 3.63) is 155 Å². The van der Waals surface area contributed by atoms with Crippen molar-refractivity contribution >= 4 is 92.4 Å². The predicted molar refractivity (Wildman–Crippen MR) is 360 cm³/mol. The molecule has 7 aromatic rings. The topological polar surface area (TPSA) is 396 Å². The minimum absolute atomic E-state index is 0.00384. The molecular formula is C72H82F2N12O14. The molecule has 12 N–H and O–H groups in total. The van der Waals surface area contributed by atoms with Gasteiger partial charge in [-0.2, -0.15) is 0 Å². The van der Waals surface area contributed by atoms with Gasteiger partial charge >= 0.3 is 5.97 Å². The van der Waals surface area contributed by atoms with E-state index in [-0.39, 0.29) is 94.4 Å². The van der Waals surface area contributed by atoms with Gasteiger partial charge in [-0.3, -0.25) is 57.5 Å². The Morgan fingerprint density at radius 1 is 0.640 bits per heavy atom. The highest BCUT2D eigenvalue weighted by atomic mass is 19.1. The van der Waals surface area contributed by atoms with Crippen LogP contribution in [0.1, 0.15) is 118 Å². The largest absolute Gasteiger partial charge is 0.497 e. The fourth-order valence-corrected chi connectivity index (χ4v) is 12.7. The van der Waals surface area contributed by atoms with Gasteiger partial charge in [0.05, 0.1) is 31.8 Å². The van der Waals surface area contributed by atoms with Gasteiger partial charge in [-0.15, -0.1) is 0 Å². The van der Waals surface area contributed by atoms with Crippen molar-refractivity contribution in [2.24, 2.45) is 11.7 Å². The van der Waals surface area contributed by atoms with E-state index in [9.17, 15) is 52.2 Å². The minimum Gasteiger partial charge on any atom is -0.497 e. The zero-order chi connectivity index (χ0) is 71.8. The van der Waals surface area contributed by atoms with E-state index in [1.54, 1.807) is 48.5 Å². The lowest BCUT2D eigenvalue weighted by Gasteiger charge is -2.37. The van der Waals surface area contributed by atoms with Crippen LogP contribution in [0.15, 0.2) is 110 Å². The molecule has 10 rings (SSSR count). The quantitative estimate of drug-likeness (QED) is 0.0753. The van der Waals surface area contributed by atoms with Gasteiger partial charge in [0.25, 0.3) is 0 Å². The average molecular weight is 1380 g/mol. The monoisotopic (exact) mass is 1380 g/mol. The first kappa shape index (κ1) is 73.3. The summed E-state index contributed by atoms with van der Waals surface area (Å²) in [6.45, 7) is 2.88. The molecule has 3 aromatic heterocycles. The van der Waals surface area contributed by atoms with Gasteiger partial charge in [-0.1, -0.05) is 36.4 Å². The first-order chi connectivity index (χ1) is 47.8. The molecule has 0 aliphatic carbocycles. The summed E-state index contributed by atoms with van der Waals surface area (Å²) in [5, 5.41) is 27.1. The Labute approximate surface area is 573 Å². The fraction of sp³-hybridized carbons (Fsp3) is 0.403. The van der Waals surface area contributed by atoms with E-state index >= 15 is 19.2 Å². The molecule has 1 fully saturated rings. The van der Waals surface area contributed by atoms with E-state index in [0.29, 0.717) is 69.1 Å². The van der Waals surface area contributed by atoms with E-state index in [4.69, 9.17) is 10.5 Å². The molecule has 0 spiro atoms. The molecule has 3 aliphatic rings. The summed E-state index contributed by atoms with van der Waals surface area (Å²) in [5.74, 6) is -12.3. The van der Waals surface area contributed by atoms with Crippen LogP contribution in [0, 0.1) is 17.6 Å². The number of aromatic amines is 3. The maximum absolute atomic E-state index is 15.3. The number of amides is 8. The molecule has 1 saturated heterocycles. The molecule has 0 radical (unpaired) electrons. The summed E-state index contributed by atoms with van der Waals surface area (Å²) >= 11 is 0. The van der Waals surface area contributed by atoms with E-state index in [2.05, 4.69) is 51.8 Å². The molecule has 28 heteroatoms.